The van der Waals surface area contributed by atoms with Crippen LogP contribution in [0.2, 0.25) is 0 Å². The SMILES string of the molecule is [B]P(CCc1ccc(OC)cc1)c1ccccc1. The molecule has 1 nitrogen and oxygen atoms in total. The highest BCUT2D eigenvalue weighted by molar-refractivity contribution is 7.88. The molecule has 18 heavy (non-hydrogen) atoms. The molecule has 0 amide bonds. The Morgan fingerprint density at radius 3 is 2.28 bits per heavy atom. The number of hydrogen-bond donors (Lipinski definition) is 0. The quantitative estimate of drug-likeness (QED) is 0.588. The van der Waals surface area contributed by atoms with Crippen LogP contribution in [-0.2, 0) is 6.42 Å². The summed E-state index contributed by atoms with van der Waals surface area (Å²) in [6.45, 7) is 0. The van der Waals surface area contributed by atoms with Crippen LogP contribution in [-0.4, -0.2) is 20.8 Å². The Morgan fingerprint density at radius 2 is 1.67 bits per heavy atom. The summed E-state index contributed by atoms with van der Waals surface area (Å²) in [6, 6.07) is 18.5. The lowest BCUT2D eigenvalue weighted by atomic mass is 10.2. The smallest absolute Gasteiger partial charge is 0.118 e. The van der Waals surface area contributed by atoms with E-state index in [9.17, 15) is 0 Å². The molecule has 0 saturated carbocycles. The zero-order valence-corrected chi connectivity index (χ0v) is 11.4. The van der Waals surface area contributed by atoms with Crippen LogP contribution in [0.1, 0.15) is 5.56 Å². The lowest BCUT2D eigenvalue weighted by Gasteiger charge is -2.13. The van der Waals surface area contributed by atoms with Crippen molar-refractivity contribution in [2.75, 3.05) is 13.3 Å². The predicted octanol–water partition coefficient (Wildman–Crippen LogP) is 3.13. The maximum atomic E-state index is 6.24. The van der Waals surface area contributed by atoms with Crippen molar-refractivity contribution in [2.45, 2.75) is 6.42 Å². The molecule has 2 radical (unpaired) electrons. The summed E-state index contributed by atoms with van der Waals surface area (Å²) >= 11 is 0. The van der Waals surface area contributed by atoms with Gasteiger partial charge in [0.2, 0.25) is 0 Å². The van der Waals surface area contributed by atoms with E-state index < -0.39 is 7.80 Å². The van der Waals surface area contributed by atoms with E-state index >= 15 is 0 Å². The molecule has 3 heteroatoms. The third-order valence-electron chi connectivity index (χ3n) is 2.89. The number of methoxy groups -OCH3 is 1. The van der Waals surface area contributed by atoms with E-state index in [2.05, 4.69) is 24.3 Å². The molecular weight excluding hydrogens is 238 g/mol. The Balaban J connectivity index is 1.91. The molecule has 0 fully saturated rings. The molecule has 0 spiro atoms. The molecular formula is C15H16BOP. The normalized spacial score (nSPS) is 12.1. The molecule has 1 unspecified atom stereocenters. The molecule has 0 aliphatic rings. The maximum absolute atomic E-state index is 6.24. The summed E-state index contributed by atoms with van der Waals surface area (Å²) in [5.74, 6) is 0.900. The molecule has 0 heterocycles. The molecule has 2 aromatic carbocycles. The second kappa shape index (κ2) is 6.61. The van der Waals surface area contributed by atoms with Gasteiger partial charge >= 0.3 is 0 Å². The van der Waals surface area contributed by atoms with Crippen molar-refractivity contribution in [1.82, 2.24) is 0 Å². The van der Waals surface area contributed by atoms with Gasteiger partial charge in [0, 0.05) is 0 Å². The van der Waals surface area contributed by atoms with Gasteiger partial charge in [0.25, 0.3) is 0 Å². The van der Waals surface area contributed by atoms with E-state index in [-0.39, 0.29) is 0 Å². The van der Waals surface area contributed by atoms with E-state index in [4.69, 9.17) is 12.3 Å². The third kappa shape index (κ3) is 3.61. The zero-order valence-electron chi connectivity index (χ0n) is 10.5. The number of rotatable bonds is 5. The second-order valence-corrected chi connectivity index (χ2v) is 6.03. The summed E-state index contributed by atoms with van der Waals surface area (Å²) < 4.78 is 5.14. The first kappa shape index (κ1) is 13.2. The Kier molecular flexibility index (Phi) is 4.84. The van der Waals surface area contributed by atoms with Crippen molar-refractivity contribution in [1.29, 1.82) is 0 Å². The van der Waals surface area contributed by atoms with Crippen LogP contribution in [0.15, 0.2) is 54.6 Å². The molecule has 2 rings (SSSR count). The minimum absolute atomic E-state index is 0.542. The molecule has 0 N–H and O–H groups in total. The highest BCUT2D eigenvalue weighted by Gasteiger charge is 2.04. The fraction of sp³-hybridized carbons (Fsp3) is 0.200. The van der Waals surface area contributed by atoms with Gasteiger partial charge in [0.05, 0.1) is 7.11 Å². The van der Waals surface area contributed by atoms with Gasteiger partial charge in [-0.05, 0) is 35.6 Å². The number of ether oxygens (including phenoxy) is 1. The number of hydrogen-bond acceptors (Lipinski definition) is 1. The Labute approximate surface area is 111 Å². The van der Waals surface area contributed by atoms with Gasteiger partial charge in [0.15, 0.2) is 0 Å². The van der Waals surface area contributed by atoms with E-state index in [0.29, 0.717) is 0 Å². The van der Waals surface area contributed by atoms with Crippen LogP contribution in [0.25, 0.3) is 0 Å². The maximum Gasteiger partial charge on any atom is 0.118 e. The summed E-state index contributed by atoms with van der Waals surface area (Å²) in [7, 11) is 7.38. The minimum Gasteiger partial charge on any atom is -0.497 e. The van der Waals surface area contributed by atoms with Crippen molar-refractivity contribution in [3.05, 3.63) is 60.2 Å². The molecule has 1 atom stereocenters. The highest BCUT2D eigenvalue weighted by Crippen LogP contribution is 2.29. The van der Waals surface area contributed by atoms with Crippen LogP contribution in [0.3, 0.4) is 0 Å². The summed E-state index contributed by atoms with van der Waals surface area (Å²) in [5, 5.41) is 1.26. The van der Waals surface area contributed by atoms with Crippen LogP contribution in [0, 0.1) is 0 Å². The molecule has 0 saturated heterocycles. The van der Waals surface area contributed by atoms with E-state index in [1.165, 1.54) is 10.9 Å². The second-order valence-electron chi connectivity index (χ2n) is 4.13. The van der Waals surface area contributed by atoms with Gasteiger partial charge < -0.3 is 4.74 Å². The van der Waals surface area contributed by atoms with Crippen molar-refractivity contribution in [3.8, 4) is 5.75 Å². The average molecular weight is 254 g/mol. The van der Waals surface area contributed by atoms with Crippen LogP contribution in [0.5, 0.6) is 5.75 Å². The number of benzene rings is 2. The van der Waals surface area contributed by atoms with E-state index in [1.807, 2.05) is 30.3 Å². The van der Waals surface area contributed by atoms with Gasteiger partial charge in [-0.25, -0.2) is 0 Å². The molecule has 2 aromatic rings. The highest BCUT2D eigenvalue weighted by atomic mass is 31.1. The fourth-order valence-corrected chi connectivity index (χ4v) is 3.10. The predicted molar refractivity (Wildman–Crippen MR) is 80.3 cm³/mol. The van der Waals surface area contributed by atoms with E-state index in [0.717, 1.165) is 18.3 Å². The molecule has 90 valence electrons. The summed E-state index contributed by atoms with van der Waals surface area (Å²) in [4.78, 5) is 0. The third-order valence-corrected chi connectivity index (χ3v) is 4.56. The van der Waals surface area contributed by atoms with Gasteiger partial charge in [-0.15, -0.1) is 7.80 Å². The van der Waals surface area contributed by atoms with Crippen LogP contribution in [0.4, 0.5) is 0 Å². The average Bonchev–Trinajstić information content (AvgIpc) is 2.46. The molecule has 0 aliphatic heterocycles. The van der Waals surface area contributed by atoms with Gasteiger partial charge in [-0.1, -0.05) is 42.5 Å². The van der Waals surface area contributed by atoms with Crippen LogP contribution < -0.4 is 10.0 Å². The van der Waals surface area contributed by atoms with Crippen LogP contribution >= 0.6 is 7.80 Å². The number of aryl methyl sites for hydroxylation is 1. The minimum atomic E-state index is -0.542. The first-order valence-electron chi connectivity index (χ1n) is 6.00. The van der Waals surface area contributed by atoms with E-state index in [1.54, 1.807) is 7.11 Å². The van der Waals surface area contributed by atoms with Crippen molar-refractivity contribution in [2.24, 2.45) is 0 Å². The standard InChI is InChI=1S/C15H16BOP/c1-17-14-9-7-13(8-10-14)11-12-18(16)15-5-3-2-4-6-15/h2-10H,11-12H2,1H3. The first-order chi connectivity index (χ1) is 8.79. The largest absolute Gasteiger partial charge is 0.497 e. The van der Waals surface area contributed by atoms with Crippen molar-refractivity contribution in [3.63, 3.8) is 0 Å². The summed E-state index contributed by atoms with van der Waals surface area (Å²) in [5.41, 5.74) is 1.31. The Hall–Kier alpha value is -1.27. The Morgan fingerprint density at radius 1 is 1.00 bits per heavy atom. The van der Waals surface area contributed by atoms with Gasteiger partial charge in [0.1, 0.15) is 13.3 Å². The Bertz CT molecular complexity index is 470. The van der Waals surface area contributed by atoms with Crippen molar-refractivity contribution < 1.29 is 4.74 Å². The zero-order chi connectivity index (χ0) is 12.8. The van der Waals surface area contributed by atoms with Gasteiger partial charge in [-0.2, -0.15) is 0 Å². The first-order valence-corrected chi connectivity index (χ1v) is 7.59. The fourth-order valence-electron chi connectivity index (χ4n) is 1.79. The van der Waals surface area contributed by atoms with Crippen molar-refractivity contribution >= 4 is 20.7 Å². The monoisotopic (exact) mass is 254 g/mol. The molecule has 0 bridgehead atoms. The summed E-state index contributed by atoms with van der Waals surface area (Å²) in [6.07, 6.45) is 2.03. The van der Waals surface area contributed by atoms with Gasteiger partial charge in [-0.3, -0.25) is 0 Å². The molecule has 0 aromatic heterocycles. The lowest BCUT2D eigenvalue weighted by molar-refractivity contribution is 0.414. The lowest BCUT2D eigenvalue weighted by Crippen LogP contribution is -2.04. The topological polar surface area (TPSA) is 9.23 Å². The molecule has 0 aliphatic carbocycles.